The highest BCUT2D eigenvalue weighted by molar-refractivity contribution is 5.86. The van der Waals surface area contributed by atoms with E-state index in [0.29, 0.717) is 0 Å². The van der Waals surface area contributed by atoms with Gasteiger partial charge < -0.3 is 4.57 Å². The van der Waals surface area contributed by atoms with Gasteiger partial charge in [0.25, 0.3) is 0 Å². The molecule has 2 heterocycles. The van der Waals surface area contributed by atoms with Crippen molar-refractivity contribution in [2.24, 2.45) is 7.05 Å². The van der Waals surface area contributed by atoms with Crippen LogP contribution in [0.3, 0.4) is 0 Å². The third-order valence-electron chi connectivity index (χ3n) is 2.14. The molecule has 0 radical (unpaired) electrons. The van der Waals surface area contributed by atoms with E-state index < -0.39 is 4.92 Å². The summed E-state index contributed by atoms with van der Waals surface area (Å²) in [7, 11) is 1.86. The second kappa shape index (κ2) is 3.53. The van der Waals surface area contributed by atoms with Gasteiger partial charge in [0, 0.05) is 36.5 Å². The van der Waals surface area contributed by atoms with Crippen LogP contribution in [-0.2, 0) is 7.05 Å². The molecule has 0 aliphatic rings. The molecule has 0 saturated carbocycles. The molecule has 0 saturated heterocycles. The Morgan fingerprint density at radius 1 is 1.60 bits per heavy atom. The molecule has 2 aromatic heterocycles. The van der Waals surface area contributed by atoms with Crippen LogP contribution in [0.1, 0.15) is 5.56 Å². The minimum absolute atomic E-state index is 0.477. The summed E-state index contributed by atoms with van der Waals surface area (Å²) in [5.41, 5.74) is 1.62. The fourth-order valence-corrected chi connectivity index (χ4v) is 1.52. The van der Waals surface area contributed by atoms with Crippen molar-refractivity contribution in [2.45, 2.75) is 0 Å². The van der Waals surface area contributed by atoms with Crippen LogP contribution < -0.4 is 0 Å². The van der Waals surface area contributed by atoms with Gasteiger partial charge in [-0.15, -0.1) is 0 Å². The first-order chi connectivity index (χ1) is 7.18. The van der Waals surface area contributed by atoms with Crippen molar-refractivity contribution in [3.8, 4) is 0 Å². The fourth-order valence-electron chi connectivity index (χ4n) is 1.52. The van der Waals surface area contributed by atoms with Crippen LogP contribution in [0.25, 0.3) is 17.1 Å². The molecular formula is C10H9N3O2. The molecule has 0 aliphatic heterocycles. The van der Waals surface area contributed by atoms with Gasteiger partial charge in [0.2, 0.25) is 6.20 Å². The molecule has 5 heteroatoms. The summed E-state index contributed by atoms with van der Waals surface area (Å²) in [5, 5.41) is 11.1. The molecule has 2 rings (SSSR count). The maximum absolute atomic E-state index is 10.2. The SMILES string of the molecule is Cn1cc(/C=C/[N+](=O)[O-])c2cccnc21. The first-order valence-electron chi connectivity index (χ1n) is 4.40. The van der Waals surface area contributed by atoms with Gasteiger partial charge in [-0.05, 0) is 12.1 Å². The summed E-state index contributed by atoms with van der Waals surface area (Å²) in [4.78, 5) is 13.9. The Morgan fingerprint density at radius 2 is 2.40 bits per heavy atom. The largest absolute Gasteiger partial charge is 0.335 e. The maximum Gasteiger partial charge on any atom is 0.235 e. The van der Waals surface area contributed by atoms with Crippen LogP contribution in [0.2, 0.25) is 0 Å². The average Bonchev–Trinajstić information content (AvgIpc) is 2.54. The molecule has 0 atom stereocenters. The molecule has 0 spiro atoms. The predicted octanol–water partition coefficient (Wildman–Crippen LogP) is 1.82. The van der Waals surface area contributed by atoms with Crippen molar-refractivity contribution in [3.63, 3.8) is 0 Å². The number of aryl methyl sites for hydroxylation is 1. The lowest BCUT2D eigenvalue weighted by Gasteiger charge is -1.91. The van der Waals surface area contributed by atoms with Crippen LogP contribution in [0.4, 0.5) is 0 Å². The Balaban J connectivity index is 2.57. The first-order valence-corrected chi connectivity index (χ1v) is 4.40. The van der Waals surface area contributed by atoms with E-state index in [-0.39, 0.29) is 0 Å². The van der Waals surface area contributed by atoms with E-state index in [1.54, 1.807) is 6.20 Å². The molecule has 5 nitrogen and oxygen atoms in total. The van der Waals surface area contributed by atoms with Crippen molar-refractivity contribution >= 4 is 17.1 Å². The summed E-state index contributed by atoms with van der Waals surface area (Å²) in [5.74, 6) is 0. The molecule has 15 heavy (non-hydrogen) atoms. The number of pyridine rings is 1. The third-order valence-corrected chi connectivity index (χ3v) is 2.14. The van der Waals surface area contributed by atoms with E-state index in [9.17, 15) is 10.1 Å². The molecule has 0 aromatic carbocycles. The van der Waals surface area contributed by atoms with Gasteiger partial charge in [-0.1, -0.05) is 0 Å². The van der Waals surface area contributed by atoms with E-state index in [4.69, 9.17) is 0 Å². The van der Waals surface area contributed by atoms with Crippen LogP contribution in [-0.4, -0.2) is 14.5 Å². The van der Waals surface area contributed by atoms with Gasteiger partial charge in [-0.3, -0.25) is 10.1 Å². The average molecular weight is 203 g/mol. The monoisotopic (exact) mass is 203 g/mol. The zero-order valence-corrected chi connectivity index (χ0v) is 8.12. The van der Waals surface area contributed by atoms with Crippen LogP contribution in [0.15, 0.2) is 30.7 Å². The van der Waals surface area contributed by atoms with Gasteiger partial charge in [0.1, 0.15) is 5.65 Å². The molecule has 0 aliphatic carbocycles. The van der Waals surface area contributed by atoms with Gasteiger partial charge in [-0.25, -0.2) is 4.98 Å². The number of nitro groups is 1. The molecule has 0 amide bonds. The van der Waals surface area contributed by atoms with E-state index in [2.05, 4.69) is 4.98 Å². The van der Waals surface area contributed by atoms with Crippen molar-refractivity contribution in [3.05, 3.63) is 46.4 Å². The second-order valence-corrected chi connectivity index (χ2v) is 3.17. The zero-order valence-electron chi connectivity index (χ0n) is 8.12. The van der Waals surface area contributed by atoms with Gasteiger partial charge in [0.15, 0.2) is 0 Å². The first kappa shape index (κ1) is 9.39. The third kappa shape index (κ3) is 1.71. The highest BCUT2D eigenvalue weighted by Crippen LogP contribution is 2.19. The lowest BCUT2D eigenvalue weighted by molar-refractivity contribution is -0.400. The molecule has 0 bridgehead atoms. The minimum Gasteiger partial charge on any atom is -0.335 e. The number of nitrogens with zero attached hydrogens (tertiary/aromatic N) is 3. The van der Waals surface area contributed by atoms with Gasteiger partial charge >= 0.3 is 0 Å². The summed E-state index contributed by atoms with van der Waals surface area (Å²) in [6.07, 6.45) is 5.92. The van der Waals surface area contributed by atoms with E-state index in [0.717, 1.165) is 22.8 Å². The second-order valence-electron chi connectivity index (χ2n) is 3.17. The molecule has 0 N–H and O–H groups in total. The molecule has 76 valence electrons. The van der Waals surface area contributed by atoms with Crippen molar-refractivity contribution in [2.75, 3.05) is 0 Å². The summed E-state index contributed by atoms with van der Waals surface area (Å²) < 4.78 is 1.84. The number of hydrogen-bond acceptors (Lipinski definition) is 3. The zero-order chi connectivity index (χ0) is 10.8. The maximum atomic E-state index is 10.2. The van der Waals surface area contributed by atoms with Crippen LogP contribution in [0.5, 0.6) is 0 Å². The normalized spacial score (nSPS) is 11.3. The number of rotatable bonds is 2. The van der Waals surface area contributed by atoms with Crippen molar-refractivity contribution < 1.29 is 4.92 Å². The topological polar surface area (TPSA) is 61.0 Å². The highest BCUT2D eigenvalue weighted by atomic mass is 16.6. The number of hydrogen-bond donors (Lipinski definition) is 0. The lowest BCUT2D eigenvalue weighted by Crippen LogP contribution is -1.85. The Labute approximate surface area is 85.8 Å². The Morgan fingerprint density at radius 3 is 3.13 bits per heavy atom. The lowest BCUT2D eigenvalue weighted by atomic mass is 10.2. The molecule has 2 aromatic rings. The Bertz CT molecular complexity index is 543. The van der Waals surface area contributed by atoms with E-state index in [1.165, 1.54) is 6.08 Å². The van der Waals surface area contributed by atoms with E-state index >= 15 is 0 Å². The quantitative estimate of drug-likeness (QED) is 0.552. The summed E-state index contributed by atoms with van der Waals surface area (Å²) >= 11 is 0. The van der Waals surface area contributed by atoms with Crippen molar-refractivity contribution in [1.29, 1.82) is 0 Å². The fraction of sp³-hybridized carbons (Fsp3) is 0.100. The number of aromatic nitrogens is 2. The summed E-state index contributed by atoms with van der Waals surface area (Å²) in [6.45, 7) is 0. The molecule has 0 fully saturated rings. The minimum atomic E-state index is -0.477. The molecular weight excluding hydrogens is 194 g/mol. The highest BCUT2D eigenvalue weighted by Gasteiger charge is 2.04. The number of fused-ring (bicyclic) bond motifs is 1. The van der Waals surface area contributed by atoms with E-state index in [1.807, 2.05) is 29.9 Å². The standard InChI is InChI=1S/C10H9N3O2/c1-12-7-8(4-6-13(14)15)9-3-2-5-11-10(9)12/h2-7H,1H3/b6-4+. The predicted molar refractivity (Wildman–Crippen MR) is 56.7 cm³/mol. The van der Waals surface area contributed by atoms with Gasteiger partial charge in [-0.2, -0.15) is 0 Å². The molecule has 0 unspecified atom stereocenters. The van der Waals surface area contributed by atoms with Crippen LogP contribution >= 0.6 is 0 Å². The van der Waals surface area contributed by atoms with Crippen molar-refractivity contribution in [1.82, 2.24) is 9.55 Å². The Kier molecular flexibility index (Phi) is 2.21. The smallest absolute Gasteiger partial charge is 0.235 e. The Hall–Kier alpha value is -2.17. The van der Waals surface area contributed by atoms with Gasteiger partial charge in [0.05, 0.1) is 4.92 Å². The summed E-state index contributed by atoms with van der Waals surface area (Å²) in [6, 6.07) is 3.70. The van der Waals surface area contributed by atoms with Crippen LogP contribution in [0, 0.1) is 10.1 Å².